The van der Waals surface area contributed by atoms with Gasteiger partial charge in [-0.25, -0.2) is 0 Å². The van der Waals surface area contributed by atoms with Crippen molar-refractivity contribution < 1.29 is 40.2 Å². The lowest BCUT2D eigenvalue weighted by molar-refractivity contribution is -0.214. The highest BCUT2D eigenvalue weighted by atomic mass is 16.6. The van der Waals surface area contributed by atoms with Gasteiger partial charge in [0.05, 0.1) is 6.61 Å². The van der Waals surface area contributed by atoms with Crippen molar-refractivity contribution in [1.82, 2.24) is 0 Å². The second-order valence-corrected chi connectivity index (χ2v) is 5.35. The van der Waals surface area contributed by atoms with Gasteiger partial charge in [-0.05, 0) is 12.0 Å². The highest BCUT2D eigenvalue weighted by Crippen LogP contribution is 2.11. The molecule has 0 aliphatic heterocycles. The number of ether oxygens (including phenoxy) is 1. The Morgan fingerprint density at radius 1 is 1.00 bits per heavy atom. The zero-order valence-corrected chi connectivity index (χ0v) is 12.8. The fourth-order valence-corrected chi connectivity index (χ4v) is 1.93. The number of esters is 1. The fraction of sp³-hybridized carbons (Fsp3) is 0.533. The molecule has 136 valence electrons. The van der Waals surface area contributed by atoms with Gasteiger partial charge in [0.25, 0.3) is 0 Å². The summed E-state index contributed by atoms with van der Waals surface area (Å²) in [4.78, 5) is 11.8. The van der Waals surface area contributed by atoms with E-state index in [-0.39, 0.29) is 6.42 Å². The van der Waals surface area contributed by atoms with Crippen molar-refractivity contribution in [3.8, 4) is 0 Å². The number of aliphatic hydroxyl groups excluding tert-OH is 6. The predicted octanol–water partition coefficient (Wildman–Crippen LogP) is -3.15. The number of benzene rings is 1. The van der Waals surface area contributed by atoms with Crippen LogP contribution in [0.2, 0.25) is 0 Å². The van der Waals surface area contributed by atoms with Crippen molar-refractivity contribution in [2.45, 2.75) is 43.2 Å². The second-order valence-electron chi connectivity index (χ2n) is 5.35. The fourth-order valence-electron chi connectivity index (χ4n) is 1.93. The maximum atomic E-state index is 11.8. The summed E-state index contributed by atoms with van der Waals surface area (Å²) in [5, 5.41) is 56.1. The molecule has 6 atom stereocenters. The van der Waals surface area contributed by atoms with Gasteiger partial charge in [0.2, 0.25) is 6.29 Å². The van der Waals surface area contributed by atoms with Gasteiger partial charge in [-0.1, -0.05) is 30.3 Å². The summed E-state index contributed by atoms with van der Waals surface area (Å²) in [6.45, 7) is -0.872. The maximum absolute atomic E-state index is 11.8. The van der Waals surface area contributed by atoms with Crippen molar-refractivity contribution in [3.63, 3.8) is 0 Å². The van der Waals surface area contributed by atoms with E-state index in [9.17, 15) is 30.3 Å². The summed E-state index contributed by atoms with van der Waals surface area (Å²) in [6, 6.07) is 7.69. The molecule has 0 fully saturated rings. The van der Waals surface area contributed by atoms with E-state index in [1.54, 1.807) is 30.3 Å². The first-order chi connectivity index (χ1) is 11.3. The Kier molecular flexibility index (Phi) is 8.22. The summed E-state index contributed by atoms with van der Waals surface area (Å²) >= 11 is 0. The minimum atomic E-state index is -2.17. The molecule has 0 amide bonds. The van der Waals surface area contributed by atoms with Gasteiger partial charge >= 0.3 is 5.97 Å². The molecule has 1 unspecified atom stereocenters. The second kappa shape index (κ2) is 9.64. The summed E-state index contributed by atoms with van der Waals surface area (Å²) in [6.07, 6.45) is -9.88. The molecule has 0 saturated carbocycles. The number of carbonyl (C=O) groups is 1. The Balaban J connectivity index is 2.55. The van der Waals surface area contributed by atoms with Crippen LogP contribution in [0.1, 0.15) is 5.56 Å². The van der Waals surface area contributed by atoms with Crippen molar-refractivity contribution in [2.75, 3.05) is 6.61 Å². The summed E-state index contributed by atoms with van der Waals surface area (Å²) in [5.74, 6) is -1.02. The monoisotopic (exact) mass is 345 g/mol. The van der Waals surface area contributed by atoms with Crippen LogP contribution in [0.4, 0.5) is 0 Å². The lowest BCUT2D eigenvalue weighted by Crippen LogP contribution is -2.51. The molecule has 1 rings (SSSR count). The normalized spacial score (nSPS) is 19.0. The molecule has 0 saturated heterocycles. The highest BCUT2D eigenvalue weighted by Gasteiger charge is 2.36. The SMILES string of the molecule is N[C@@H](Cc1ccccc1)C(=O)OC(O)[C@H](O)[C@@H](O)[C@H](O)[C@H](O)CO. The van der Waals surface area contributed by atoms with Crippen molar-refractivity contribution in [2.24, 2.45) is 5.73 Å². The molecule has 0 aliphatic rings. The van der Waals surface area contributed by atoms with Crippen molar-refractivity contribution >= 4 is 5.97 Å². The van der Waals surface area contributed by atoms with Gasteiger partial charge in [0, 0.05) is 0 Å². The van der Waals surface area contributed by atoms with Crippen molar-refractivity contribution in [1.29, 1.82) is 0 Å². The largest absolute Gasteiger partial charge is 0.432 e. The molecule has 0 aromatic heterocycles. The third-order valence-corrected chi connectivity index (χ3v) is 3.41. The van der Waals surface area contributed by atoms with Crippen LogP contribution in [0.5, 0.6) is 0 Å². The third-order valence-electron chi connectivity index (χ3n) is 3.41. The molecular weight excluding hydrogens is 322 g/mol. The van der Waals surface area contributed by atoms with Gasteiger partial charge < -0.3 is 41.1 Å². The average molecular weight is 345 g/mol. The van der Waals surface area contributed by atoms with E-state index in [1.807, 2.05) is 0 Å². The zero-order chi connectivity index (χ0) is 18.3. The third kappa shape index (κ3) is 5.80. The van der Waals surface area contributed by atoms with Crippen LogP contribution in [-0.4, -0.2) is 80.0 Å². The predicted molar refractivity (Wildman–Crippen MR) is 81.3 cm³/mol. The molecule has 9 heteroatoms. The topological polar surface area (TPSA) is 174 Å². The zero-order valence-electron chi connectivity index (χ0n) is 12.8. The highest BCUT2D eigenvalue weighted by molar-refractivity contribution is 5.76. The number of rotatable bonds is 9. The van der Waals surface area contributed by atoms with E-state index < -0.39 is 49.3 Å². The molecule has 8 N–H and O–H groups in total. The van der Waals surface area contributed by atoms with E-state index in [4.69, 9.17) is 10.8 Å². The van der Waals surface area contributed by atoms with Crippen LogP contribution in [-0.2, 0) is 16.0 Å². The molecular formula is C15H23NO8. The van der Waals surface area contributed by atoms with E-state index in [2.05, 4.69) is 4.74 Å². The standard InChI is InChI=1S/C15H23NO8/c16-9(6-8-4-2-1-3-5-8)14(22)24-15(23)13(21)12(20)11(19)10(18)7-17/h1-5,9-13,15,17-21,23H,6-7,16H2/t9-,10+,11+,12-,13+,15?/m0/s1. The lowest BCUT2D eigenvalue weighted by Gasteiger charge is -2.28. The summed E-state index contributed by atoms with van der Waals surface area (Å²) < 4.78 is 4.56. The first kappa shape index (κ1) is 20.5. The number of hydrogen-bond donors (Lipinski definition) is 7. The molecule has 24 heavy (non-hydrogen) atoms. The van der Waals surface area contributed by atoms with Gasteiger partial charge in [0.1, 0.15) is 30.5 Å². The van der Waals surface area contributed by atoms with Crippen LogP contribution in [0.3, 0.4) is 0 Å². The molecule has 0 spiro atoms. The summed E-state index contributed by atoms with van der Waals surface area (Å²) in [5.41, 5.74) is 6.41. The molecule has 0 heterocycles. The molecule has 0 bridgehead atoms. The molecule has 1 aromatic carbocycles. The number of carbonyl (C=O) groups excluding carboxylic acids is 1. The maximum Gasteiger partial charge on any atom is 0.325 e. The van der Waals surface area contributed by atoms with Crippen LogP contribution < -0.4 is 5.73 Å². The first-order valence-electron chi connectivity index (χ1n) is 7.29. The van der Waals surface area contributed by atoms with Crippen LogP contribution in [0.25, 0.3) is 0 Å². The van der Waals surface area contributed by atoms with Gasteiger partial charge in [-0.3, -0.25) is 4.79 Å². The molecule has 0 aliphatic carbocycles. The average Bonchev–Trinajstić information content (AvgIpc) is 2.59. The number of aliphatic hydroxyl groups is 6. The van der Waals surface area contributed by atoms with Crippen molar-refractivity contribution in [3.05, 3.63) is 35.9 Å². The van der Waals surface area contributed by atoms with Gasteiger partial charge in [0.15, 0.2) is 0 Å². The summed E-state index contributed by atoms with van der Waals surface area (Å²) in [7, 11) is 0. The Hall–Kier alpha value is -1.59. The van der Waals surface area contributed by atoms with E-state index in [0.29, 0.717) is 0 Å². The lowest BCUT2D eigenvalue weighted by atomic mass is 10.0. The van der Waals surface area contributed by atoms with Gasteiger partial charge in [-0.15, -0.1) is 0 Å². The number of nitrogens with two attached hydrogens (primary N) is 1. The van der Waals surface area contributed by atoms with Crippen LogP contribution in [0, 0.1) is 0 Å². The van der Waals surface area contributed by atoms with Crippen LogP contribution >= 0.6 is 0 Å². The smallest absolute Gasteiger partial charge is 0.325 e. The number of hydrogen-bond acceptors (Lipinski definition) is 9. The van der Waals surface area contributed by atoms with E-state index in [1.165, 1.54) is 0 Å². The Morgan fingerprint density at radius 2 is 1.58 bits per heavy atom. The molecule has 0 radical (unpaired) electrons. The van der Waals surface area contributed by atoms with Gasteiger partial charge in [-0.2, -0.15) is 0 Å². The first-order valence-corrected chi connectivity index (χ1v) is 7.29. The molecule has 9 nitrogen and oxygen atoms in total. The Bertz CT molecular complexity index is 500. The minimum Gasteiger partial charge on any atom is -0.432 e. The van der Waals surface area contributed by atoms with E-state index >= 15 is 0 Å². The molecule has 1 aromatic rings. The Morgan fingerprint density at radius 3 is 2.12 bits per heavy atom. The van der Waals surface area contributed by atoms with E-state index in [0.717, 1.165) is 5.56 Å². The minimum absolute atomic E-state index is 0.136. The quantitative estimate of drug-likeness (QED) is 0.180. The van der Waals surface area contributed by atoms with Crippen LogP contribution in [0.15, 0.2) is 30.3 Å². The Labute approximate surface area is 138 Å².